The van der Waals surface area contributed by atoms with Crippen molar-refractivity contribution >= 4 is 7.82 Å². The third kappa shape index (κ3) is 3.37. The van der Waals surface area contributed by atoms with Crippen molar-refractivity contribution < 1.29 is 40.4 Å². The predicted octanol–water partition coefficient (Wildman–Crippen LogP) is 4.71. The van der Waals surface area contributed by atoms with Gasteiger partial charge in [0.25, 0.3) is 0 Å². The summed E-state index contributed by atoms with van der Waals surface area (Å²) in [7, 11) is -5.22. The van der Waals surface area contributed by atoms with Crippen LogP contribution in [0.3, 0.4) is 0 Å². The van der Waals surface area contributed by atoms with E-state index in [9.17, 15) is 26.7 Å². The van der Waals surface area contributed by atoms with Crippen molar-refractivity contribution in [1.82, 2.24) is 0 Å². The van der Waals surface area contributed by atoms with Crippen molar-refractivity contribution in [2.24, 2.45) is 0 Å². The summed E-state index contributed by atoms with van der Waals surface area (Å²) in [5.74, 6) is -7.94. The standard InChI is InChI=1S/C12H6F5O4P/c13-7-3-1-5-9(11(7)15)19-22(18,21-17)20-10-6-2-4-8(14)12(10)16/h1-6H. The highest BCUT2D eigenvalue weighted by Gasteiger charge is 2.35. The lowest BCUT2D eigenvalue weighted by atomic mass is 10.3. The van der Waals surface area contributed by atoms with E-state index in [0.717, 1.165) is 36.4 Å². The molecule has 2 aromatic rings. The fraction of sp³-hybridized carbons (Fsp3) is 0. The summed E-state index contributed by atoms with van der Waals surface area (Å²) in [6.07, 6.45) is 0. The van der Waals surface area contributed by atoms with Crippen molar-refractivity contribution in [2.75, 3.05) is 0 Å². The molecule has 2 aromatic carbocycles. The van der Waals surface area contributed by atoms with Crippen LogP contribution < -0.4 is 9.05 Å². The normalized spacial score (nSPS) is 11.3. The van der Waals surface area contributed by atoms with E-state index in [1.165, 1.54) is 0 Å². The van der Waals surface area contributed by atoms with Gasteiger partial charge in [0, 0.05) is 0 Å². The first kappa shape index (κ1) is 16.3. The van der Waals surface area contributed by atoms with E-state index in [1.807, 2.05) is 0 Å². The van der Waals surface area contributed by atoms with Gasteiger partial charge in [0.2, 0.25) is 11.6 Å². The van der Waals surface area contributed by atoms with Crippen LogP contribution in [0.2, 0.25) is 0 Å². The number of hydrogen-bond donors (Lipinski definition) is 0. The van der Waals surface area contributed by atoms with E-state index < -0.39 is 42.6 Å². The lowest BCUT2D eigenvalue weighted by Crippen LogP contribution is -2.04. The zero-order valence-corrected chi connectivity index (χ0v) is 11.3. The molecule has 0 atom stereocenters. The van der Waals surface area contributed by atoms with E-state index in [1.54, 1.807) is 0 Å². The predicted molar refractivity (Wildman–Crippen MR) is 63.8 cm³/mol. The number of halogens is 5. The van der Waals surface area contributed by atoms with Crippen LogP contribution in [0, 0.1) is 23.3 Å². The van der Waals surface area contributed by atoms with E-state index in [-0.39, 0.29) is 0 Å². The molecule has 0 radical (unpaired) electrons. The maximum absolute atomic E-state index is 13.4. The fourth-order valence-corrected chi connectivity index (χ4v) is 2.25. The maximum Gasteiger partial charge on any atom is 0.620 e. The quantitative estimate of drug-likeness (QED) is 0.584. The Hall–Kier alpha value is -2.12. The molecule has 118 valence electrons. The molecule has 0 spiro atoms. The number of hydrogen-bond acceptors (Lipinski definition) is 4. The largest absolute Gasteiger partial charge is 0.620 e. The Morgan fingerprint density at radius 1 is 0.773 bits per heavy atom. The van der Waals surface area contributed by atoms with Crippen molar-refractivity contribution in [3.05, 3.63) is 59.7 Å². The van der Waals surface area contributed by atoms with Gasteiger partial charge < -0.3 is 9.05 Å². The first-order valence-electron chi connectivity index (χ1n) is 5.54. The highest BCUT2D eigenvalue weighted by atomic mass is 31.2. The summed E-state index contributed by atoms with van der Waals surface area (Å²) in [5.41, 5.74) is 0. The third-order valence-electron chi connectivity index (χ3n) is 2.34. The van der Waals surface area contributed by atoms with Crippen LogP contribution in [0.25, 0.3) is 0 Å². The van der Waals surface area contributed by atoms with Gasteiger partial charge >= 0.3 is 7.82 Å². The van der Waals surface area contributed by atoms with E-state index in [0.29, 0.717) is 0 Å². The number of rotatable bonds is 5. The van der Waals surface area contributed by atoms with Crippen LogP contribution >= 0.6 is 7.82 Å². The van der Waals surface area contributed by atoms with Crippen molar-refractivity contribution in [3.8, 4) is 11.5 Å². The van der Waals surface area contributed by atoms with E-state index in [4.69, 9.17) is 0 Å². The van der Waals surface area contributed by atoms with E-state index in [2.05, 4.69) is 13.8 Å². The topological polar surface area (TPSA) is 44.8 Å². The monoisotopic (exact) mass is 340 g/mol. The molecule has 0 unspecified atom stereocenters. The van der Waals surface area contributed by atoms with Gasteiger partial charge in [-0.25, -0.2) is 13.3 Å². The Labute approximate surface area is 120 Å². The summed E-state index contributed by atoms with van der Waals surface area (Å²) in [5, 5.41) is 0. The van der Waals surface area contributed by atoms with Gasteiger partial charge in [0.05, 0.1) is 0 Å². The Kier molecular flexibility index (Phi) is 4.68. The second-order valence-electron chi connectivity index (χ2n) is 3.80. The number of benzene rings is 2. The van der Waals surface area contributed by atoms with Crippen LogP contribution in [-0.4, -0.2) is 0 Å². The van der Waals surface area contributed by atoms with Crippen LogP contribution in [0.15, 0.2) is 36.4 Å². The molecule has 0 fully saturated rings. The first-order valence-corrected chi connectivity index (χ1v) is 7.00. The summed E-state index contributed by atoms with van der Waals surface area (Å²) < 4.78 is 88.5. The molecule has 0 saturated heterocycles. The summed E-state index contributed by atoms with van der Waals surface area (Å²) in [6, 6.07) is 4.98. The average Bonchev–Trinajstić information content (AvgIpc) is 2.49. The minimum absolute atomic E-state index is 0.719. The van der Waals surface area contributed by atoms with Gasteiger partial charge in [-0.2, -0.15) is 8.78 Å². The molecule has 22 heavy (non-hydrogen) atoms. The van der Waals surface area contributed by atoms with Crippen LogP contribution in [-0.2, 0) is 9.29 Å². The highest BCUT2D eigenvalue weighted by Crippen LogP contribution is 2.51. The molecule has 4 nitrogen and oxygen atoms in total. The van der Waals surface area contributed by atoms with Crippen molar-refractivity contribution in [3.63, 3.8) is 0 Å². The molecule has 0 heterocycles. The Morgan fingerprint density at radius 2 is 1.18 bits per heavy atom. The molecule has 0 aliphatic carbocycles. The summed E-state index contributed by atoms with van der Waals surface area (Å²) in [4.78, 5) is 0. The molecule has 0 aliphatic rings. The average molecular weight is 340 g/mol. The SMILES string of the molecule is O=P(OF)(Oc1cccc(F)c1F)Oc1cccc(F)c1F. The molecule has 0 bridgehead atoms. The maximum atomic E-state index is 13.4. The molecule has 10 heteroatoms. The van der Waals surface area contributed by atoms with Crippen LogP contribution in [0.4, 0.5) is 22.1 Å². The Morgan fingerprint density at radius 3 is 1.55 bits per heavy atom. The van der Waals surface area contributed by atoms with Gasteiger partial charge in [0.15, 0.2) is 23.1 Å². The van der Waals surface area contributed by atoms with E-state index >= 15 is 0 Å². The molecule has 2 rings (SSSR count). The van der Waals surface area contributed by atoms with Crippen LogP contribution in [0.5, 0.6) is 11.5 Å². The second-order valence-corrected chi connectivity index (χ2v) is 5.20. The Bertz CT molecular complexity index is 682. The van der Waals surface area contributed by atoms with Crippen molar-refractivity contribution in [2.45, 2.75) is 0 Å². The molecule has 0 amide bonds. The number of phosphoric ester groups is 1. The molecule has 0 saturated carbocycles. The van der Waals surface area contributed by atoms with Gasteiger partial charge in [-0.3, -0.25) is 0 Å². The number of phosphoric acid groups is 1. The smallest absolute Gasteiger partial charge is 0.390 e. The minimum Gasteiger partial charge on any atom is -0.390 e. The van der Waals surface area contributed by atoms with Gasteiger partial charge in [0.1, 0.15) is 0 Å². The fourth-order valence-electron chi connectivity index (χ4n) is 1.40. The lowest BCUT2D eigenvalue weighted by molar-refractivity contribution is -0.0343. The molecular weight excluding hydrogens is 334 g/mol. The van der Waals surface area contributed by atoms with Gasteiger partial charge in [-0.1, -0.05) is 16.9 Å². The molecular formula is C12H6F5O4P. The summed E-state index contributed by atoms with van der Waals surface area (Å²) in [6.45, 7) is 0. The molecule has 0 N–H and O–H groups in total. The molecule has 0 aliphatic heterocycles. The summed E-state index contributed by atoms with van der Waals surface area (Å²) >= 11 is 0. The lowest BCUT2D eigenvalue weighted by Gasteiger charge is -2.15. The van der Waals surface area contributed by atoms with Gasteiger partial charge in [-0.05, 0) is 28.8 Å². The first-order chi connectivity index (χ1) is 10.4. The highest BCUT2D eigenvalue weighted by molar-refractivity contribution is 7.49. The zero-order chi connectivity index (χ0) is 16.3. The van der Waals surface area contributed by atoms with Crippen LogP contribution in [0.1, 0.15) is 0 Å². The second kappa shape index (κ2) is 6.33. The minimum atomic E-state index is -5.22. The van der Waals surface area contributed by atoms with Crippen molar-refractivity contribution in [1.29, 1.82) is 0 Å². The zero-order valence-electron chi connectivity index (χ0n) is 10.4. The third-order valence-corrected chi connectivity index (χ3v) is 3.35. The molecule has 0 aromatic heterocycles. The Balaban J connectivity index is 2.31. The van der Waals surface area contributed by atoms with Gasteiger partial charge in [-0.15, -0.1) is 0 Å².